The summed E-state index contributed by atoms with van der Waals surface area (Å²) in [6.07, 6.45) is 1.95. The van der Waals surface area contributed by atoms with E-state index in [9.17, 15) is 9.59 Å². The average Bonchev–Trinajstić information content (AvgIpc) is 2.18. The first-order valence-corrected chi connectivity index (χ1v) is 5.40. The predicted molar refractivity (Wildman–Crippen MR) is 53.9 cm³/mol. The fourth-order valence-corrected chi connectivity index (χ4v) is 2.47. The van der Waals surface area contributed by atoms with Gasteiger partial charge in [0.15, 0.2) is 5.43 Å². The Hall–Kier alpha value is -1.23. The summed E-state index contributed by atoms with van der Waals surface area (Å²) >= 11 is 1.74. The van der Waals surface area contributed by atoms with Crippen molar-refractivity contribution < 1.29 is 9.90 Å². The first-order valence-electron chi connectivity index (χ1n) is 4.24. The molecule has 14 heavy (non-hydrogen) atoms. The first kappa shape index (κ1) is 9.33. The summed E-state index contributed by atoms with van der Waals surface area (Å²) in [6, 6.07) is 0. The van der Waals surface area contributed by atoms with E-state index in [0.717, 1.165) is 17.2 Å². The van der Waals surface area contributed by atoms with E-state index < -0.39 is 5.97 Å². The van der Waals surface area contributed by atoms with Crippen LogP contribution in [0.1, 0.15) is 21.6 Å². The Morgan fingerprint density at radius 3 is 3.07 bits per heavy atom. The molecule has 0 aliphatic carbocycles. The van der Waals surface area contributed by atoms with Gasteiger partial charge in [-0.3, -0.25) is 4.79 Å². The van der Waals surface area contributed by atoms with Crippen molar-refractivity contribution in [1.82, 2.24) is 4.98 Å². The van der Waals surface area contributed by atoms with Crippen LogP contribution in [0.25, 0.3) is 0 Å². The van der Waals surface area contributed by atoms with Gasteiger partial charge in [0.25, 0.3) is 0 Å². The number of carbonyl (C=O) groups is 1. The molecule has 0 unspecified atom stereocenters. The van der Waals surface area contributed by atoms with Crippen molar-refractivity contribution in [1.29, 1.82) is 0 Å². The normalized spacial score (nSPS) is 14.9. The summed E-state index contributed by atoms with van der Waals surface area (Å²) in [5.74, 6) is 0.496. The van der Waals surface area contributed by atoms with Crippen molar-refractivity contribution in [3.8, 4) is 0 Å². The number of rotatable bonds is 1. The fraction of sp³-hybridized carbons (Fsp3) is 0.333. The van der Waals surface area contributed by atoms with Gasteiger partial charge in [-0.25, -0.2) is 4.79 Å². The summed E-state index contributed by atoms with van der Waals surface area (Å²) in [5.41, 5.74) is 1.03. The van der Waals surface area contributed by atoms with E-state index in [4.69, 9.17) is 5.11 Å². The van der Waals surface area contributed by atoms with Gasteiger partial charge in [0.2, 0.25) is 0 Å². The summed E-state index contributed by atoms with van der Waals surface area (Å²) in [6.45, 7) is 0. The lowest BCUT2D eigenvalue weighted by Crippen LogP contribution is -2.23. The third-order valence-corrected chi connectivity index (χ3v) is 3.23. The third-order valence-electron chi connectivity index (χ3n) is 2.25. The molecule has 0 saturated carbocycles. The van der Waals surface area contributed by atoms with Gasteiger partial charge in [0, 0.05) is 23.2 Å². The number of aromatic nitrogens is 1. The number of fused-ring (bicyclic) bond motifs is 1. The summed E-state index contributed by atoms with van der Waals surface area (Å²) in [7, 11) is 0. The van der Waals surface area contributed by atoms with Crippen LogP contribution in [0, 0.1) is 0 Å². The van der Waals surface area contributed by atoms with Gasteiger partial charge < -0.3 is 10.1 Å². The number of nitrogens with one attached hydrogen (secondary N) is 1. The second kappa shape index (κ2) is 3.49. The number of aromatic carboxylic acids is 1. The number of carboxylic acids is 1. The molecule has 0 atom stereocenters. The van der Waals surface area contributed by atoms with Crippen molar-refractivity contribution >= 4 is 17.7 Å². The van der Waals surface area contributed by atoms with Gasteiger partial charge in [0.1, 0.15) is 5.56 Å². The van der Waals surface area contributed by atoms with Gasteiger partial charge in [-0.2, -0.15) is 11.8 Å². The molecule has 4 nitrogen and oxygen atoms in total. The molecular weight excluding hydrogens is 202 g/mol. The van der Waals surface area contributed by atoms with Gasteiger partial charge >= 0.3 is 5.97 Å². The Morgan fingerprint density at radius 2 is 2.36 bits per heavy atom. The van der Waals surface area contributed by atoms with Crippen LogP contribution in [0.2, 0.25) is 0 Å². The molecule has 1 aromatic rings. The van der Waals surface area contributed by atoms with Crippen LogP contribution in [-0.2, 0) is 12.2 Å². The van der Waals surface area contributed by atoms with E-state index >= 15 is 0 Å². The van der Waals surface area contributed by atoms with Crippen LogP contribution in [0.3, 0.4) is 0 Å². The van der Waals surface area contributed by atoms with Crippen molar-refractivity contribution in [2.45, 2.75) is 12.2 Å². The molecule has 1 aromatic heterocycles. The lowest BCUT2D eigenvalue weighted by Gasteiger charge is -2.14. The molecule has 5 heteroatoms. The lowest BCUT2D eigenvalue weighted by atomic mass is 10.1. The van der Waals surface area contributed by atoms with Crippen LogP contribution in [-0.4, -0.2) is 21.8 Å². The minimum Gasteiger partial charge on any atom is -0.477 e. The molecule has 2 heterocycles. The topological polar surface area (TPSA) is 70.2 Å². The average molecular weight is 211 g/mol. The zero-order chi connectivity index (χ0) is 10.1. The summed E-state index contributed by atoms with van der Waals surface area (Å²) in [5, 5.41) is 8.74. The van der Waals surface area contributed by atoms with Crippen molar-refractivity contribution in [2.75, 3.05) is 5.75 Å². The zero-order valence-corrected chi connectivity index (χ0v) is 8.19. The number of thioether (sulfide) groups is 1. The molecule has 2 N–H and O–H groups in total. The number of carboxylic acid groups (broad SMARTS) is 1. The first-order chi connectivity index (χ1) is 6.70. The Kier molecular flexibility index (Phi) is 2.33. The third kappa shape index (κ3) is 1.43. The molecule has 0 spiro atoms. The highest BCUT2D eigenvalue weighted by molar-refractivity contribution is 7.98. The van der Waals surface area contributed by atoms with Gasteiger partial charge in [-0.15, -0.1) is 0 Å². The zero-order valence-electron chi connectivity index (χ0n) is 7.37. The van der Waals surface area contributed by atoms with Crippen LogP contribution in [0.5, 0.6) is 0 Å². The van der Waals surface area contributed by atoms with E-state index in [-0.39, 0.29) is 11.0 Å². The minimum absolute atomic E-state index is 0.157. The van der Waals surface area contributed by atoms with Crippen molar-refractivity contribution in [3.05, 3.63) is 33.2 Å². The molecule has 0 amide bonds. The lowest BCUT2D eigenvalue weighted by molar-refractivity contribution is 0.0695. The Morgan fingerprint density at radius 1 is 1.57 bits per heavy atom. The molecule has 74 valence electrons. The van der Waals surface area contributed by atoms with E-state index in [1.807, 2.05) is 0 Å². The van der Waals surface area contributed by atoms with Gasteiger partial charge in [0.05, 0.1) is 0 Å². The number of hydrogen-bond donors (Lipinski definition) is 2. The fourth-order valence-electron chi connectivity index (χ4n) is 1.51. The summed E-state index contributed by atoms with van der Waals surface area (Å²) < 4.78 is 0. The minimum atomic E-state index is -1.16. The molecule has 0 aromatic carbocycles. The highest BCUT2D eigenvalue weighted by atomic mass is 32.2. The van der Waals surface area contributed by atoms with Crippen LogP contribution in [0.15, 0.2) is 11.0 Å². The summed E-state index contributed by atoms with van der Waals surface area (Å²) in [4.78, 5) is 25.2. The Balaban J connectivity index is 2.60. The number of aromatic amines is 1. The highest BCUT2D eigenvalue weighted by Gasteiger charge is 2.18. The maximum atomic E-state index is 11.6. The molecular formula is C9H9NO3S. The van der Waals surface area contributed by atoms with Crippen LogP contribution in [0.4, 0.5) is 0 Å². The molecule has 2 rings (SSSR count). The largest absolute Gasteiger partial charge is 0.477 e. The molecule has 0 bridgehead atoms. The predicted octanol–water partition coefficient (Wildman–Crippen LogP) is 0.862. The smallest absolute Gasteiger partial charge is 0.341 e. The van der Waals surface area contributed by atoms with E-state index in [1.165, 1.54) is 6.20 Å². The number of hydrogen-bond acceptors (Lipinski definition) is 3. The van der Waals surface area contributed by atoms with Crippen LogP contribution >= 0.6 is 11.8 Å². The standard InChI is InChI=1S/C9H9NO3S/c11-8-5-1-2-14-4-7(5)10-3-6(8)9(12)13/h3H,1-2,4H2,(H,10,11)(H,12,13). The molecule has 0 fully saturated rings. The van der Waals surface area contributed by atoms with E-state index in [2.05, 4.69) is 4.98 Å². The monoisotopic (exact) mass is 211 g/mol. The molecule has 0 radical (unpaired) electrons. The van der Waals surface area contributed by atoms with Crippen LogP contribution < -0.4 is 5.43 Å². The van der Waals surface area contributed by atoms with Gasteiger partial charge in [-0.1, -0.05) is 0 Å². The molecule has 0 saturated heterocycles. The Labute approximate surface area is 84.3 Å². The van der Waals surface area contributed by atoms with Crippen molar-refractivity contribution in [2.24, 2.45) is 0 Å². The Bertz CT molecular complexity index is 438. The van der Waals surface area contributed by atoms with E-state index in [0.29, 0.717) is 12.0 Å². The highest BCUT2D eigenvalue weighted by Crippen LogP contribution is 2.20. The van der Waals surface area contributed by atoms with Crippen molar-refractivity contribution in [3.63, 3.8) is 0 Å². The molecule has 1 aliphatic heterocycles. The number of pyridine rings is 1. The maximum absolute atomic E-state index is 11.6. The number of H-pyrrole nitrogens is 1. The maximum Gasteiger partial charge on any atom is 0.341 e. The second-order valence-corrected chi connectivity index (χ2v) is 4.20. The van der Waals surface area contributed by atoms with Gasteiger partial charge in [-0.05, 0) is 12.2 Å². The SMILES string of the molecule is O=C(O)c1c[nH]c2c(c1=O)CCSC2. The van der Waals surface area contributed by atoms with E-state index in [1.54, 1.807) is 11.8 Å². The quantitative estimate of drug-likeness (QED) is 0.723. The second-order valence-electron chi connectivity index (χ2n) is 3.10. The molecule has 1 aliphatic rings.